The number of aromatic nitrogens is 2. The van der Waals surface area contributed by atoms with Crippen LogP contribution in [0.5, 0.6) is 5.75 Å². The van der Waals surface area contributed by atoms with E-state index < -0.39 is 16.7 Å². The summed E-state index contributed by atoms with van der Waals surface area (Å²) in [5.41, 5.74) is 2.04. The van der Waals surface area contributed by atoms with Gasteiger partial charge in [-0.25, -0.2) is 4.68 Å². The molecule has 0 saturated carbocycles. The number of methoxy groups -OCH3 is 1. The Morgan fingerprint density at radius 3 is 2.55 bits per heavy atom. The lowest BCUT2D eigenvalue weighted by atomic mass is 9.93. The number of nitriles is 1. The maximum absolute atomic E-state index is 13.5. The van der Waals surface area contributed by atoms with Gasteiger partial charge in [-0.05, 0) is 56.2 Å². The van der Waals surface area contributed by atoms with Crippen LogP contribution in [0.1, 0.15) is 25.8 Å². The number of amides is 2. The fourth-order valence-electron chi connectivity index (χ4n) is 4.37. The number of ether oxygens (including phenoxy) is 2. The number of nitro benzene ring substituents is 1. The number of nitrogens with zero attached hydrogens (tertiary/aromatic N) is 5. The molecule has 0 aliphatic carbocycles. The first-order chi connectivity index (χ1) is 19.3. The lowest BCUT2D eigenvalue weighted by Crippen LogP contribution is -2.43. The van der Waals surface area contributed by atoms with Crippen molar-refractivity contribution in [3.63, 3.8) is 0 Å². The third kappa shape index (κ3) is 5.52. The van der Waals surface area contributed by atoms with E-state index in [4.69, 9.17) is 14.6 Å². The molecule has 4 rings (SSSR count). The monoisotopic (exact) mass is 541 g/mol. The molecule has 2 amide bonds. The van der Waals surface area contributed by atoms with Gasteiger partial charge in [0.25, 0.3) is 11.8 Å². The van der Waals surface area contributed by atoms with E-state index in [1.807, 2.05) is 36.4 Å². The summed E-state index contributed by atoms with van der Waals surface area (Å²) in [7, 11) is 1.52. The number of benzene rings is 2. The Bertz CT molecular complexity index is 1570. The molecule has 0 atom stereocenters. The predicted molar refractivity (Wildman–Crippen MR) is 146 cm³/mol. The quantitative estimate of drug-likeness (QED) is 0.120. The number of hydrogen-bond acceptors (Lipinski definition) is 8. The summed E-state index contributed by atoms with van der Waals surface area (Å²) in [6.45, 7) is 3.97. The minimum atomic E-state index is -0.652. The number of imide groups is 1. The highest BCUT2D eigenvalue weighted by molar-refractivity contribution is 6.19. The molecule has 0 bridgehead atoms. The minimum absolute atomic E-state index is 0.0858. The van der Waals surface area contributed by atoms with Crippen LogP contribution in [-0.4, -0.2) is 58.3 Å². The average Bonchev–Trinajstić information content (AvgIpc) is 3.38. The molecule has 11 nitrogen and oxygen atoms in total. The first-order valence-corrected chi connectivity index (χ1v) is 12.6. The van der Waals surface area contributed by atoms with Crippen LogP contribution in [-0.2, 0) is 14.3 Å². The van der Waals surface area contributed by atoms with E-state index in [2.05, 4.69) is 0 Å². The van der Waals surface area contributed by atoms with E-state index in [9.17, 15) is 25.0 Å². The van der Waals surface area contributed by atoms with Crippen molar-refractivity contribution in [3.05, 3.63) is 87.1 Å². The van der Waals surface area contributed by atoms with E-state index in [0.717, 1.165) is 10.6 Å². The van der Waals surface area contributed by atoms with Gasteiger partial charge in [0, 0.05) is 49.2 Å². The smallest absolute Gasteiger partial charge is 0.311 e. The van der Waals surface area contributed by atoms with Gasteiger partial charge < -0.3 is 9.47 Å². The molecule has 2 aromatic carbocycles. The fraction of sp³-hybridized carbons (Fsp3) is 0.241. The number of para-hydroxylation sites is 1. The van der Waals surface area contributed by atoms with Crippen molar-refractivity contribution in [2.24, 2.45) is 0 Å². The van der Waals surface area contributed by atoms with Crippen LogP contribution in [0.3, 0.4) is 0 Å². The summed E-state index contributed by atoms with van der Waals surface area (Å²) < 4.78 is 12.1. The maximum atomic E-state index is 13.5. The molecule has 0 N–H and O–H groups in total. The molecule has 3 aromatic rings. The molecular weight excluding hydrogens is 514 g/mol. The first kappa shape index (κ1) is 27.9. The van der Waals surface area contributed by atoms with Crippen LogP contribution in [0.25, 0.3) is 23.0 Å². The van der Waals surface area contributed by atoms with Gasteiger partial charge >= 0.3 is 5.69 Å². The van der Waals surface area contributed by atoms with Gasteiger partial charge in [-0.15, -0.1) is 0 Å². The lowest BCUT2D eigenvalue weighted by Gasteiger charge is -2.27. The van der Waals surface area contributed by atoms with E-state index in [-0.39, 0.29) is 41.3 Å². The van der Waals surface area contributed by atoms with Crippen molar-refractivity contribution in [3.8, 4) is 28.8 Å². The van der Waals surface area contributed by atoms with E-state index in [1.54, 1.807) is 36.9 Å². The van der Waals surface area contributed by atoms with Crippen LogP contribution < -0.4 is 4.74 Å². The van der Waals surface area contributed by atoms with Crippen molar-refractivity contribution in [2.45, 2.75) is 20.3 Å². The molecular formula is C29H27N5O6. The summed E-state index contributed by atoms with van der Waals surface area (Å²) in [6.07, 6.45) is 3.67. The zero-order chi connectivity index (χ0) is 28.8. The number of nitro groups is 1. The van der Waals surface area contributed by atoms with Gasteiger partial charge in [0.05, 0.1) is 17.2 Å². The molecule has 11 heteroatoms. The molecule has 1 aromatic heterocycles. The van der Waals surface area contributed by atoms with Gasteiger partial charge in [0.15, 0.2) is 5.75 Å². The molecule has 204 valence electrons. The Balaban J connectivity index is 1.91. The van der Waals surface area contributed by atoms with E-state index in [0.29, 0.717) is 29.8 Å². The van der Waals surface area contributed by atoms with E-state index in [1.165, 1.54) is 19.2 Å². The topological polar surface area (TPSA) is 141 Å². The highest BCUT2D eigenvalue weighted by Gasteiger charge is 2.35. The highest BCUT2D eigenvalue weighted by Crippen LogP contribution is 2.35. The van der Waals surface area contributed by atoms with Crippen molar-refractivity contribution in [1.29, 1.82) is 5.26 Å². The summed E-state index contributed by atoms with van der Waals surface area (Å²) in [6, 6.07) is 15.7. The molecule has 0 spiro atoms. The molecule has 1 aliphatic rings. The molecule has 0 saturated heterocycles. The maximum Gasteiger partial charge on any atom is 0.311 e. The number of carbonyl (C=O) groups excluding carboxylic acids is 2. The molecule has 0 unspecified atom stereocenters. The van der Waals surface area contributed by atoms with Crippen molar-refractivity contribution in [2.75, 3.05) is 26.9 Å². The predicted octanol–water partition coefficient (Wildman–Crippen LogP) is 4.47. The van der Waals surface area contributed by atoms with Crippen molar-refractivity contribution in [1.82, 2.24) is 14.7 Å². The van der Waals surface area contributed by atoms with Crippen molar-refractivity contribution >= 4 is 23.6 Å². The second-order valence-electron chi connectivity index (χ2n) is 8.86. The minimum Gasteiger partial charge on any atom is -0.487 e. The van der Waals surface area contributed by atoms with Crippen LogP contribution in [0.15, 0.2) is 71.4 Å². The molecule has 2 heterocycles. The van der Waals surface area contributed by atoms with Crippen LogP contribution in [0.4, 0.5) is 5.69 Å². The normalized spacial score (nSPS) is 14.6. The van der Waals surface area contributed by atoms with Crippen molar-refractivity contribution < 1.29 is 24.0 Å². The van der Waals surface area contributed by atoms with Gasteiger partial charge in [0.2, 0.25) is 0 Å². The van der Waals surface area contributed by atoms with Crippen LogP contribution in [0, 0.1) is 21.4 Å². The Morgan fingerprint density at radius 2 is 1.90 bits per heavy atom. The Kier molecular flexibility index (Phi) is 8.51. The van der Waals surface area contributed by atoms with Gasteiger partial charge in [-0.3, -0.25) is 24.6 Å². The zero-order valence-corrected chi connectivity index (χ0v) is 22.3. The van der Waals surface area contributed by atoms with Gasteiger partial charge in [-0.2, -0.15) is 10.4 Å². The fourth-order valence-corrected chi connectivity index (χ4v) is 4.37. The Morgan fingerprint density at radius 1 is 1.15 bits per heavy atom. The lowest BCUT2D eigenvalue weighted by molar-refractivity contribution is -0.385. The highest BCUT2D eigenvalue weighted by atomic mass is 16.6. The summed E-state index contributed by atoms with van der Waals surface area (Å²) >= 11 is 0. The molecule has 40 heavy (non-hydrogen) atoms. The zero-order valence-electron chi connectivity index (χ0n) is 22.3. The summed E-state index contributed by atoms with van der Waals surface area (Å²) in [5.74, 6) is -1.07. The third-order valence-corrected chi connectivity index (χ3v) is 6.35. The Hall–Kier alpha value is -5.08. The Labute approximate surface area is 230 Å². The SMILES string of the molecule is CCOc1ccc(-c2nn(-c3ccccc3)cc2/C=C2/C(=O)N(CCCOC)C(=O)C(C#N)=C2C)cc1[N+](=O)[O-]. The number of hydrogen-bond donors (Lipinski definition) is 0. The average molecular weight is 542 g/mol. The molecule has 0 radical (unpaired) electrons. The molecule has 1 aliphatic heterocycles. The second-order valence-corrected chi connectivity index (χ2v) is 8.86. The number of rotatable bonds is 10. The van der Waals surface area contributed by atoms with Gasteiger partial charge in [-0.1, -0.05) is 18.2 Å². The summed E-state index contributed by atoms with van der Waals surface area (Å²) in [5, 5.41) is 26.2. The van der Waals surface area contributed by atoms with E-state index >= 15 is 0 Å². The largest absolute Gasteiger partial charge is 0.487 e. The van der Waals surface area contributed by atoms with Crippen LogP contribution >= 0.6 is 0 Å². The first-order valence-electron chi connectivity index (χ1n) is 12.6. The third-order valence-electron chi connectivity index (χ3n) is 6.35. The van der Waals surface area contributed by atoms with Crippen LogP contribution in [0.2, 0.25) is 0 Å². The molecule has 0 fully saturated rings. The number of carbonyl (C=O) groups is 2. The van der Waals surface area contributed by atoms with Gasteiger partial charge in [0.1, 0.15) is 17.3 Å². The standard InChI is InChI=1S/C29H27N5O6/c1-4-40-26-12-11-20(16-25(26)34(37)38)27-21(18-33(31-27)22-9-6-5-7-10-22)15-23-19(2)24(17-30)29(36)32(28(23)35)13-8-14-39-3/h5-7,9-12,15-16,18H,4,8,13-14H2,1-3H3/b23-15+. The second kappa shape index (κ2) is 12.2. The summed E-state index contributed by atoms with van der Waals surface area (Å²) in [4.78, 5) is 38.7.